The van der Waals surface area contributed by atoms with Gasteiger partial charge in [0.2, 0.25) is 0 Å². The Hall–Kier alpha value is -7.13. The molecule has 0 fully saturated rings. The first-order valence-corrected chi connectivity index (χ1v) is 19.5. The van der Waals surface area contributed by atoms with Crippen molar-refractivity contribution < 1.29 is 0 Å². The Balaban J connectivity index is 1.19. The van der Waals surface area contributed by atoms with Gasteiger partial charge >= 0.3 is 0 Å². The van der Waals surface area contributed by atoms with Crippen LogP contribution in [0.3, 0.4) is 0 Å². The molecule has 2 aliphatic rings. The van der Waals surface area contributed by atoms with E-state index in [2.05, 4.69) is 146 Å². The summed E-state index contributed by atoms with van der Waals surface area (Å²) < 4.78 is 0. The highest BCUT2D eigenvalue weighted by Crippen LogP contribution is 2.63. The molecule has 11 rings (SSSR count). The quantitative estimate of drug-likeness (QED) is 0.180. The monoisotopic (exact) mass is 730 g/mol. The Morgan fingerprint density at radius 1 is 0.411 bits per heavy atom. The van der Waals surface area contributed by atoms with Crippen LogP contribution in [0.15, 0.2) is 192 Å². The predicted molar refractivity (Wildman–Crippen MR) is 225 cm³/mol. The second-order valence-electron chi connectivity index (χ2n) is 14.2. The van der Waals surface area contributed by atoms with E-state index < -0.39 is 5.41 Å². The van der Waals surface area contributed by atoms with Crippen LogP contribution in [0.5, 0.6) is 0 Å². The lowest BCUT2D eigenvalue weighted by atomic mass is 9.67. The first kappa shape index (κ1) is 32.3. The van der Waals surface area contributed by atoms with E-state index >= 15 is 0 Å². The third-order valence-electron chi connectivity index (χ3n) is 11.3. The van der Waals surface area contributed by atoms with Gasteiger partial charge in [-0.05, 0) is 85.6 Å². The number of hydrogen-bond acceptors (Lipinski definition) is 5. The van der Waals surface area contributed by atoms with E-state index in [4.69, 9.17) is 15.0 Å². The van der Waals surface area contributed by atoms with E-state index in [1.807, 2.05) is 54.2 Å². The van der Waals surface area contributed by atoms with Crippen LogP contribution in [-0.4, -0.2) is 15.0 Å². The molecule has 1 aliphatic carbocycles. The molecule has 260 valence electrons. The number of aromatic nitrogens is 3. The molecule has 4 nitrogen and oxygen atoms in total. The summed E-state index contributed by atoms with van der Waals surface area (Å²) in [5, 5.41) is 12.4. The van der Waals surface area contributed by atoms with E-state index in [1.54, 1.807) is 0 Å². The van der Waals surface area contributed by atoms with E-state index in [0.29, 0.717) is 23.0 Å². The predicted octanol–water partition coefficient (Wildman–Crippen LogP) is 12.4. The zero-order valence-electron chi connectivity index (χ0n) is 30.0. The van der Waals surface area contributed by atoms with Crippen LogP contribution in [0.2, 0.25) is 0 Å². The van der Waals surface area contributed by atoms with Crippen LogP contribution >= 0.6 is 11.8 Å². The summed E-state index contributed by atoms with van der Waals surface area (Å²) >= 11 is 1.82. The van der Waals surface area contributed by atoms with Crippen molar-refractivity contribution in [2.24, 2.45) is 0 Å². The maximum Gasteiger partial charge on any atom is 0.164 e. The van der Waals surface area contributed by atoms with Gasteiger partial charge in [0, 0.05) is 26.5 Å². The van der Waals surface area contributed by atoms with E-state index in [1.165, 1.54) is 43.2 Å². The van der Waals surface area contributed by atoms with Gasteiger partial charge in [0.1, 0.15) is 0 Å². The Bertz CT molecular complexity index is 3040. The molecule has 1 spiro atoms. The summed E-state index contributed by atoms with van der Waals surface area (Å²) in [5.74, 6) is 1.88. The van der Waals surface area contributed by atoms with Crippen LogP contribution in [0.4, 0.5) is 0 Å². The van der Waals surface area contributed by atoms with Crippen molar-refractivity contribution in [3.05, 3.63) is 210 Å². The number of hydrogen-bond donors (Lipinski definition) is 0. The topological polar surface area (TPSA) is 62.5 Å². The van der Waals surface area contributed by atoms with Crippen molar-refractivity contribution in [1.29, 1.82) is 5.26 Å². The van der Waals surface area contributed by atoms with Gasteiger partial charge in [-0.3, -0.25) is 0 Å². The largest absolute Gasteiger partial charge is 0.208 e. The van der Waals surface area contributed by atoms with Gasteiger partial charge in [0.05, 0.1) is 17.0 Å². The van der Waals surface area contributed by atoms with Crippen LogP contribution in [0.25, 0.3) is 67.2 Å². The zero-order valence-corrected chi connectivity index (χ0v) is 30.8. The maximum absolute atomic E-state index is 10.1. The highest BCUT2D eigenvalue weighted by molar-refractivity contribution is 7.99. The fourth-order valence-electron chi connectivity index (χ4n) is 8.80. The van der Waals surface area contributed by atoms with E-state index in [-0.39, 0.29) is 0 Å². The van der Waals surface area contributed by atoms with Gasteiger partial charge in [0.25, 0.3) is 0 Å². The summed E-state index contributed by atoms with van der Waals surface area (Å²) in [5.41, 5.74) is 12.0. The number of rotatable bonds is 4. The number of nitrogens with zero attached hydrogens (tertiary/aromatic N) is 4. The summed E-state index contributed by atoms with van der Waals surface area (Å²) in [7, 11) is 0. The van der Waals surface area contributed by atoms with Gasteiger partial charge in [-0.1, -0.05) is 163 Å². The van der Waals surface area contributed by atoms with Crippen LogP contribution < -0.4 is 0 Å². The molecule has 0 saturated carbocycles. The Kier molecular flexibility index (Phi) is 7.35. The average Bonchev–Trinajstić information content (AvgIpc) is 3.55. The molecular weight excluding hydrogens is 701 g/mol. The van der Waals surface area contributed by atoms with Gasteiger partial charge in [-0.15, -0.1) is 0 Å². The second-order valence-corrected chi connectivity index (χ2v) is 15.3. The zero-order chi connectivity index (χ0) is 37.2. The minimum Gasteiger partial charge on any atom is -0.208 e. The van der Waals surface area contributed by atoms with Crippen LogP contribution in [0.1, 0.15) is 27.8 Å². The van der Waals surface area contributed by atoms with E-state index in [0.717, 1.165) is 38.6 Å². The second kappa shape index (κ2) is 12.7. The van der Waals surface area contributed by atoms with Crippen molar-refractivity contribution >= 4 is 22.5 Å². The molecule has 0 bridgehead atoms. The molecule has 1 aromatic heterocycles. The molecule has 0 radical (unpaired) electrons. The van der Waals surface area contributed by atoms with Crippen LogP contribution in [-0.2, 0) is 5.41 Å². The molecule has 2 heterocycles. The van der Waals surface area contributed by atoms with Crippen molar-refractivity contribution in [2.45, 2.75) is 15.2 Å². The third kappa shape index (κ3) is 4.83. The smallest absolute Gasteiger partial charge is 0.164 e. The standard InChI is InChI=1S/C51H30N4S/c52-31-36-16-5-6-18-37(36)34-25-27-39-40-28-26-35(30-45(40)51(44(39)29-34)42-21-8-10-23-46(42)56-47-24-11-9-22-43(47)51)49-53-48(33-14-2-1-3-15-33)54-50(55-49)41-20-12-17-32-13-4-7-19-38(32)41/h1-30H. The first-order valence-electron chi connectivity index (χ1n) is 18.7. The normalized spacial score (nSPS) is 13.1. The van der Waals surface area contributed by atoms with Crippen molar-refractivity contribution in [3.63, 3.8) is 0 Å². The molecule has 56 heavy (non-hydrogen) atoms. The third-order valence-corrected chi connectivity index (χ3v) is 12.4. The fraction of sp³-hybridized carbons (Fsp3) is 0.0196. The first-order chi connectivity index (χ1) is 27.7. The van der Waals surface area contributed by atoms with Gasteiger partial charge in [-0.25, -0.2) is 15.0 Å². The average molecular weight is 731 g/mol. The molecule has 0 amide bonds. The minimum atomic E-state index is -0.634. The SMILES string of the molecule is N#Cc1ccccc1-c1ccc2c(c1)C1(c3ccccc3Sc3ccccc31)c1cc(-c3nc(-c4ccccc4)nc(-c4cccc5ccccc45)n3)ccc1-2. The lowest BCUT2D eigenvalue weighted by Crippen LogP contribution is -2.32. The Morgan fingerprint density at radius 3 is 1.71 bits per heavy atom. The Morgan fingerprint density at radius 2 is 0.964 bits per heavy atom. The molecule has 1 aliphatic heterocycles. The molecule has 9 aromatic rings. The molecule has 8 aromatic carbocycles. The van der Waals surface area contributed by atoms with Gasteiger partial charge in [0.15, 0.2) is 17.5 Å². The molecular formula is C51H30N4S. The minimum absolute atomic E-state index is 0.617. The lowest BCUT2D eigenvalue weighted by molar-refractivity contribution is 0.722. The lowest BCUT2D eigenvalue weighted by Gasteiger charge is -2.39. The van der Waals surface area contributed by atoms with Crippen molar-refractivity contribution in [3.8, 4) is 62.5 Å². The fourth-order valence-corrected chi connectivity index (χ4v) is 9.99. The maximum atomic E-state index is 10.1. The van der Waals surface area contributed by atoms with Crippen molar-refractivity contribution in [1.82, 2.24) is 15.0 Å². The van der Waals surface area contributed by atoms with Crippen molar-refractivity contribution in [2.75, 3.05) is 0 Å². The molecule has 0 atom stereocenters. The summed E-state index contributed by atoms with van der Waals surface area (Å²) in [4.78, 5) is 18.0. The number of fused-ring (bicyclic) bond motifs is 10. The number of benzene rings is 8. The van der Waals surface area contributed by atoms with E-state index in [9.17, 15) is 5.26 Å². The highest BCUT2D eigenvalue weighted by Gasteiger charge is 2.50. The van der Waals surface area contributed by atoms with Gasteiger partial charge < -0.3 is 0 Å². The summed E-state index contributed by atoms with van der Waals surface area (Å²) in [6, 6.07) is 66.2. The van der Waals surface area contributed by atoms with Gasteiger partial charge in [-0.2, -0.15) is 5.26 Å². The Labute approximate surface area is 328 Å². The summed E-state index contributed by atoms with van der Waals surface area (Å²) in [6.07, 6.45) is 0. The highest BCUT2D eigenvalue weighted by atomic mass is 32.2. The number of nitriles is 1. The molecule has 0 N–H and O–H groups in total. The molecule has 0 unspecified atom stereocenters. The molecule has 0 saturated heterocycles. The molecule has 5 heteroatoms. The summed E-state index contributed by atoms with van der Waals surface area (Å²) in [6.45, 7) is 0. The van der Waals surface area contributed by atoms with Crippen LogP contribution in [0, 0.1) is 11.3 Å².